The first kappa shape index (κ1) is 14.6. The molecule has 4 nitrogen and oxygen atoms in total. The maximum Gasteiger partial charge on any atom is 0.198 e. The number of nitrogen functional groups attached to an aromatic ring is 1. The van der Waals surface area contributed by atoms with E-state index in [1.165, 1.54) is 16.4 Å². The number of hydrogen-bond donors (Lipinski definition) is 1. The van der Waals surface area contributed by atoms with E-state index in [2.05, 4.69) is 36.6 Å². The van der Waals surface area contributed by atoms with Crippen LogP contribution in [-0.2, 0) is 6.54 Å². The third kappa shape index (κ3) is 3.61. The van der Waals surface area contributed by atoms with Crippen molar-refractivity contribution < 1.29 is 4.74 Å². The average molecular weight is 362 g/mol. The Morgan fingerprint density at radius 2 is 2.26 bits per heavy atom. The zero-order valence-corrected chi connectivity index (χ0v) is 14.2. The van der Waals surface area contributed by atoms with Gasteiger partial charge in [-0.05, 0) is 47.4 Å². The lowest BCUT2D eigenvalue weighted by atomic mass is 10.4. The number of rotatable bonds is 5. The summed E-state index contributed by atoms with van der Waals surface area (Å²) in [4.78, 5) is 3.39. The van der Waals surface area contributed by atoms with E-state index in [1.807, 2.05) is 20.9 Å². The number of halogens is 1. The van der Waals surface area contributed by atoms with Crippen LogP contribution in [-0.4, -0.2) is 17.5 Å². The molecular formula is C12H16BrN3OS2. The van der Waals surface area contributed by atoms with E-state index in [4.69, 9.17) is 10.5 Å². The molecule has 0 aliphatic heterocycles. The van der Waals surface area contributed by atoms with E-state index >= 15 is 0 Å². The predicted octanol–water partition coefficient (Wildman–Crippen LogP) is 3.97. The molecule has 0 aliphatic carbocycles. The minimum absolute atomic E-state index is 0.0849. The number of nitrogens with two attached hydrogens (primary N) is 1. The van der Waals surface area contributed by atoms with Crippen LogP contribution in [0.4, 0.5) is 10.8 Å². The quantitative estimate of drug-likeness (QED) is 0.874. The van der Waals surface area contributed by atoms with Crippen LogP contribution in [0, 0.1) is 0 Å². The van der Waals surface area contributed by atoms with Gasteiger partial charge in [-0.25, -0.2) is 0 Å². The first-order chi connectivity index (χ1) is 8.97. The Hall–Kier alpha value is -0.790. The molecule has 19 heavy (non-hydrogen) atoms. The van der Waals surface area contributed by atoms with E-state index in [-0.39, 0.29) is 6.10 Å². The molecule has 0 fully saturated rings. The van der Waals surface area contributed by atoms with E-state index in [9.17, 15) is 0 Å². The average Bonchev–Trinajstić information content (AvgIpc) is 2.86. The summed E-state index contributed by atoms with van der Waals surface area (Å²) in [7, 11) is 2.02. The Morgan fingerprint density at radius 3 is 2.84 bits per heavy atom. The smallest absolute Gasteiger partial charge is 0.198 e. The molecule has 0 unspecified atom stereocenters. The molecule has 0 radical (unpaired) electrons. The zero-order valence-electron chi connectivity index (χ0n) is 11.0. The highest BCUT2D eigenvalue weighted by molar-refractivity contribution is 9.10. The van der Waals surface area contributed by atoms with Gasteiger partial charge >= 0.3 is 0 Å². The molecule has 0 saturated carbocycles. The van der Waals surface area contributed by atoms with Crippen LogP contribution in [0.3, 0.4) is 0 Å². The Balaban J connectivity index is 2.16. The summed E-state index contributed by atoms with van der Waals surface area (Å²) in [6.07, 6.45) is 0.0849. The SMILES string of the molecule is CC(C)Oc1c(N)nsc1N(C)Cc1cc(Br)cs1. The lowest BCUT2D eigenvalue weighted by Crippen LogP contribution is -2.16. The summed E-state index contributed by atoms with van der Waals surface area (Å²) in [5.41, 5.74) is 5.87. The van der Waals surface area contributed by atoms with Gasteiger partial charge in [0.15, 0.2) is 16.6 Å². The van der Waals surface area contributed by atoms with Crippen molar-refractivity contribution in [2.24, 2.45) is 0 Å². The fourth-order valence-electron chi connectivity index (χ4n) is 1.62. The molecule has 2 rings (SSSR count). The maximum atomic E-state index is 5.87. The maximum absolute atomic E-state index is 5.87. The summed E-state index contributed by atoms with van der Waals surface area (Å²) >= 11 is 6.56. The lowest BCUT2D eigenvalue weighted by molar-refractivity contribution is 0.245. The molecular weight excluding hydrogens is 346 g/mol. The summed E-state index contributed by atoms with van der Waals surface area (Å²) in [5, 5.41) is 3.05. The molecule has 2 N–H and O–H groups in total. The topological polar surface area (TPSA) is 51.4 Å². The third-order valence-corrected chi connectivity index (χ3v) is 5.01. The van der Waals surface area contributed by atoms with Gasteiger partial charge in [0.25, 0.3) is 0 Å². The Kier molecular flexibility index (Phi) is 4.70. The van der Waals surface area contributed by atoms with Gasteiger partial charge in [0.2, 0.25) is 0 Å². The van der Waals surface area contributed by atoms with Crippen LogP contribution < -0.4 is 15.4 Å². The molecule has 104 valence electrons. The van der Waals surface area contributed by atoms with Crippen molar-refractivity contribution in [3.05, 3.63) is 20.8 Å². The minimum atomic E-state index is 0.0849. The van der Waals surface area contributed by atoms with Gasteiger partial charge in [0, 0.05) is 21.8 Å². The van der Waals surface area contributed by atoms with E-state index in [0.29, 0.717) is 11.6 Å². The third-order valence-electron chi connectivity index (χ3n) is 2.37. The van der Waals surface area contributed by atoms with Crippen LogP contribution in [0.15, 0.2) is 15.9 Å². The molecule has 0 saturated heterocycles. The van der Waals surface area contributed by atoms with Crippen molar-refractivity contribution in [2.45, 2.75) is 26.5 Å². The van der Waals surface area contributed by atoms with E-state index < -0.39 is 0 Å². The van der Waals surface area contributed by atoms with Gasteiger partial charge in [-0.1, -0.05) is 0 Å². The predicted molar refractivity (Wildman–Crippen MR) is 86.4 cm³/mol. The first-order valence-electron chi connectivity index (χ1n) is 5.83. The molecule has 2 aromatic rings. The van der Waals surface area contributed by atoms with Gasteiger partial charge in [-0.2, -0.15) is 4.37 Å². The van der Waals surface area contributed by atoms with Crippen LogP contribution >= 0.6 is 38.8 Å². The number of aromatic nitrogens is 1. The standard InChI is InChI=1S/C12H16BrN3OS2/c1-7(2)17-10-11(14)15-19-12(10)16(3)5-9-4-8(13)6-18-9/h4,6-7H,5H2,1-3H3,(H2,14,15). The molecule has 0 spiro atoms. The van der Waals surface area contributed by atoms with Crippen molar-refractivity contribution in [2.75, 3.05) is 17.7 Å². The summed E-state index contributed by atoms with van der Waals surface area (Å²) in [5.74, 6) is 1.16. The van der Waals surface area contributed by atoms with Crippen molar-refractivity contribution in [1.29, 1.82) is 0 Å². The Labute approximate surface area is 129 Å². The minimum Gasteiger partial charge on any atom is -0.484 e. The highest BCUT2D eigenvalue weighted by Gasteiger charge is 2.18. The molecule has 2 heterocycles. The van der Waals surface area contributed by atoms with Crippen molar-refractivity contribution >= 4 is 49.6 Å². The first-order valence-corrected chi connectivity index (χ1v) is 8.27. The molecule has 2 aromatic heterocycles. The molecule has 0 atom stereocenters. The van der Waals surface area contributed by atoms with Gasteiger partial charge in [-0.15, -0.1) is 11.3 Å². The fourth-order valence-corrected chi connectivity index (χ4v) is 3.83. The van der Waals surface area contributed by atoms with Gasteiger partial charge in [0.05, 0.1) is 12.6 Å². The highest BCUT2D eigenvalue weighted by atomic mass is 79.9. The number of thiophene rings is 1. The molecule has 7 heteroatoms. The number of ether oxygens (including phenoxy) is 1. The van der Waals surface area contributed by atoms with Crippen molar-refractivity contribution in [3.8, 4) is 5.75 Å². The second-order valence-electron chi connectivity index (χ2n) is 4.46. The van der Waals surface area contributed by atoms with Crippen LogP contribution in [0.1, 0.15) is 18.7 Å². The molecule has 0 amide bonds. The van der Waals surface area contributed by atoms with Crippen LogP contribution in [0.2, 0.25) is 0 Å². The molecule has 0 aliphatic rings. The normalized spacial score (nSPS) is 11.0. The van der Waals surface area contributed by atoms with Crippen LogP contribution in [0.5, 0.6) is 5.75 Å². The second-order valence-corrected chi connectivity index (χ2v) is 7.12. The van der Waals surface area contributed by atoms with Gasteiger partial charge in [0.1, 0.15) is 0 Å². The molecule has 0 bridgehead atoms. The van der Waals surface area contributed by atoms with Crippen molar-refractivity contribution in [1.82, 2.24) is 4.37 Å². The number of hydrogen-bond acceptors (Lipinski definition) is 6. The lowest BCUT2D eigenvalue weighted by Gasteiger charge is -2.19. The zero-order chi connectivity index (χ0) is 14.0. The monoisotopic (exact) mass is 361 g/mol. The Morgan fingerprint density at radius 1 is 1.53 bits per heavy atom. The van der Waals surface area contributed by atoms with E-state index in [0.717, 1.165) is 16.0 Å². The second kappa shape index (κ2) is 6.11. The van der Waals surface area contributed by atoms with Crippen LogP contribution in [0.25, 0.3) is 0 Å². The van der Waals surface area contributed by atoms with Gasteiger partial charge in [-0.3, -0.25) is 0 Å². The largest absolute Gasteiger partial charge is 0.484 e. The summed E-state index contributed by atoms with van der Waals surface area (Å²) < 4.78 is 11.1. The Bertz CT molecular complexity index is 553. The van der Waals surface area contributed by atoms with Crippen molar-refractivity contribution in [3.63, 3.8) is 0 Å². The number of nitrogens with zero attached hydrogens (tertiary/aromatic N) is 2. The summed E-state index contributed by atoms with van der Waals surface area (Å²) in [6, 6.07) is 2.12. The molecule has 0 aromatic carbocycles. The highest BCUT2D eigenvalue weighted by Crippen LogP contribution is 2.39. The van der Waals surface area contributed by atoms with Gasteiger partial charge < -0.3 is 15.4 Å². The number of anilines is 2. The fraction of sp³-hybridized carbons (Fsp3) is 0.417. The van der Waals surface area contributed by atoms with E-state index in [1.54, 1.807) is 11.3 Å². The summed E-state index contributed by atoms with van der Waals surface area (Å²) in [6.45, 7) is 4.78.